The Morgan fingerprint density at radius 3 is 2.35 bits per heavy atom. The van der Waals surface area contributed by atoms with Gasteiger partial charge in [-0.25, -0.2) is 4.39 Å². The van der Waals surface area contributed by atoms with Gasteiger partial charge in [0.25, 0.3) is 0 Å². The van der Waals surface area contributed by atoms with Gasteiger partial charge in [-0.2, -0.15) is 13.2 Å². The highest BCUT2D eigenvalue weighted by atomic mass is 19.4. The van der Waals surface area contributed by atoms with E-state index in [0.29, 0.717) is 0 Å². The third-order valence-electron chi connectivity index (χ3n) is 2.19. The first-order valence-corrected chi connectivity index (χ1v) is 4.66. The molecule has 1 aliphatic heterocycles. The van der Waals surface area contributed by atoms with Crippen LogP contribution in [0, 0.1) is 5.82 Å². The molecule has 10 heteroatoms. The highest BCUT2D eigenvalue weighted by molar-refractivity contribution is 6.71. The second kappa shape index (κ2) is 4.71. The van der Waals surface area contributed by atoms with Gasteiger partial charge in [0.1, 0.15) is 5.82 Å². The molecular formula is C7H5B3F4O3. The lowest BCUT2D eigenvalue weighted by molar-refractivity contribution is -0.139. The van der Waals surface area contributed by atoms with Crippen molar-refractivity contribution in [2.75, 3.05) is 0 Å². The lowest BCUT2D eigenvalue weighted by atomic mass is 9.72. The predicted octanol–water partition coefficient (Wildman–Crippen LogP) is 0.136. The molecule has 1 aromatic carbocycles. The average molecular weight is 246 g/mol. The van der Waals surface area contributed by atoms with Gasteiger partial charge in [0.2, 0.25) is 0 Å². The maximum absolute atomic E-state index is 13.2. The molecule has 1 aliphatic rings. The fourth-order valence-corrected chi connectivity index (χ4v) is 1.52. The van der Waals surface area contributed by atoms with E-state index in [1.165, 1.54) is 6.07 Å². The second-order valence-corrected chi connectivity index (χ2v) is 3.31. The smallest absolute Gasteiger partial charge is 0.458 e. The van der Waals surface area contributed by atoms with Crippen molar-refractivity contribution >= 4 is 28.0 Å². The van der Waals surface area contributed by atoms with E-state index < -0.39 is 24.7 Å². The molecule has 3 nitrogen and oxygen atoms in total. The van der Waals surface area contributed by atoms with Crippen molar-refractivity contribution in [3.63, 3.8) is 0 Å². The van der Waals surface area contributed by atoms with Gasteiger partial charge in [0.15, 0.2) is 0 Å². The lowest BCUT2D eigenvalue weighted by Crippen LogP contribution is -2.47. The van der Waals surface area contributed by atoms with Gasteiger partial charge in [0, 0.05) is 0 Å². The summed E-state index contributed by atoms with van der Waals surface area (Å²) >= 11 is 0. The number of benzene rings is 1. The van der Waals surface area contributed by atoms with E-state index >= 15 is 0 Å². The highest BCUT2D eigenvalue weighted by Crippen LogP contribution is 2.30. The van der Waals surface area contributed by atoms with E-state index in [2.05, 4.69) is 4.57 Å². The van der Waals surface area contributed by atoms with E-state index in [1.807, 2.05) is 0 Å². The Bertz CT molecular complexity index is 408. The Labute approximate surface area is 95.8 Å². The van der Waals surface area contributed by atoms with E-state index in [1.54, 1.807) is 0 Å². The maximum Gasteiger partial charge on any atom is 0.466 e. The van der Waals surface area contributed by atoms with Gasteiger partial charge in [-0.3, -0.25) is 0 Å². The number of rotatable bonds is 1. The topological polar surface area (TPSA) is 27.7 Å². The molecular weight excluding hydrogens is 241 g/mol. The van der Waals surface area contributed by atoms with Crippen molar-refractivity contribution in [1.29, 1.82) is 0 Å². The van der Waals surface area contributed by atoms with Crippen molar-refractivity contribution in [1.82, 2.24) is 0 Å². The first kappa shape index (κ1) is 12.5. The summed E-state index contributed by atoms with van der Waals surface area (Å²) in [5.74, 6) is -1.35. The predicted molar refractivity (Wildman–Crippen MR) is 54.3 cm³/mol. The Morgan fingerprint density at radius 1 is 1.12 bits per heavy atom. The van der Waals surface area contributed by atoms with Crippen LogP contribution in [-0.4, -0.2) is 22.5 Å². The Kier molecular flexibility index (Phi) is 3.46. The quantitative estimate of drug-likeness (QED) is 0.520. The van der Waals surface area contributed by atoms with Crippen molar-refractivity contribution in [2.45, 2.75) is 6.18 Å². The molecule has 1 heterocycles. The zero-order chi connectivity index (χ0) is 12.5. The van der Waals surface area contributed by atoms with Crippen LogP contribution in [0.3, 0.4) is 0 Å². The van der Waals surface area contributed by atoms with Gasteiger partial charge in [-0.15, -0.1) is 0 Å². The number of alkyl halides is 3. The summed E-state index contributed by atoms with van der Waals surface area (Å²) in [5.41, 5.74) is -1.76. The summed E-state index contributed by atoms with van der Waals surface area (Å²) in [4.78, 5) is 0. The van der Waals surface area contributed by atoms with Gasteiger partial charge in [-0.1, -0.05) is 12.1 Å². The van der Waals surface area contributed by atoms with Crippen molar-refractivity contribution < 1.29 is 31.3 Å². The van der Waals surface area contributed by atoms with Gasteiger partial charge >= 0.3 is 28.7 Å². The summed E-state index contributed by atoms with van der Waals surface area (Å²) in [5, 5.41) is 0. The summed E-state index contributed by atoms with van der Waals surface area (Å²) in [6.45, 7) is 0. The molecule has 0 unspecified atom stereocenters. The molecule has 0 atom stereocenters. The van der Waals surface area contributed by atoms with E-state index in [0.717, 1.165) is 12.1 Å². The number of hydrogen-bond donors (Lipinski definition) is 0. The molecule has 17 heavy (non-hydrogen) atoms. The zero-order valence-electron chi connectivity index (χ0n) is 8.46. The molecule has 1 fully saturated rings. The third-order valence-corrected chi connectivity index (χ3v) is 2.19. The fraction of sp³-hybridized carbons (Fsp3) is 0.143. The minimum absolute atomic E-state index is 0.196. The molecule has 0 aromatic heterocycles. The summed E-state index contributed by atoms with van der Waals surface area (Å²) in [6, 6.07) is 3.02. The fourth-order valence-electron chi connectivity index (χ4n) is 1.52. The molecule has 0 spiro atoms. The molecule has 0 radical (unpaired) electrons. The molecule has 0 N–H and O–H groups in total. The van der Waals surface area contributed by atoms with Crippen LogP contribution in [0.25, 0.3) is 0 Å². The largest absolute Gasteiger partial charge is 0.466 e. The minimum Gasteiger partial charge on any atom is -0.458 e. The standard InChI is InChI=1S/C7H5B3F4O3/c11-5-3-1-2-4(6(5)7(12,13)14)10-16-8-15-9-17-10/h1-3,8-9H. The number of hydrogen-bond acceptors (Lipinski definition) is 3. The minimum atomic E-state index is -4.80. The summed E-state index contributed by atoms with van der Waals surface area (Å²) in [7, 11) is -1.66. The van der Waals surface area contributed by atoms with Gasteiger partial charge in [0.05, 0.1) is 5.56 Å². The van der Waals surface area contributed by atoms with Gasteiger partial charge < -0.3 is 13.7 Å². The molecule has 1 saturated heterocycles. The Balaban J connectivity index is 2.42. The van der Waals surface area contributed by atoms with Crippen LogP contribution in [0.5, 0.6) is 0 Å². The molecule has 0 bridgehead atoms. The van der Waals surface area contributed by atoms with E-state index in [9.17, 15) is 17.6 Å². The summed E-state index contributed by atoms with van der Waals surface area (Å²) in [6.07, 6.45) is -4.80. The van der Waals surface area contributed by atoms with Crippen LogP contribution in [0.1, 0.15) is 5.56 Å². The van der Waals surface area contributed by atoms with Gasteiger partial charge in [-0.05, 0) is 11.5 Å². The van der Waals surface area contributed by atoms with Crippen LogP contribution in [0.4, 0.5) is 17.6 Å². The molecule has 0 saturated carbocycles. The van der Waals surface area contributed by atoms with E-state index in [4.69, 9.17) is 9.14 Å². The second-order valence-electron chi connectivity index (χ2n) is 3.31. The zero-order valence-corrected chi connectivity index (χ0v) is 8.46. The first-order chi connectivity index (χ1) is 8.00. The van der Waals surface area contributed by atoms with E-state index in [-0.39, 0.29) is 20.8 Å². The SMILES string of the molecule is Fc1cccc(B2OBOBO2)c1C(F)(F)F. The molecule has 0 aliphatic carbocycles. The monoisotopic (exact) mass is 246 g/mol. The molecule has 88 valence electrons. The highest BCUT2D eigenvalue weighted by Gasteiger charge is 2.41. The van der Waals surface area contributed by atoms with Crippen LogP contribution in [0.2, 0.25) is 0 Å². The normalized spacial score (nSPS) is 16.4. The van der Waals surface area contributed by atoms with Crippen molar-refractivity contribution in [3.05, 3.63) is 29.6 Å². The molecule has 1 aromatic rings. The average Bonchev–Trinajstić information content (AvgIpc) is 2.28. The summed E-state index contributed by atoms with van der Waals surface area (Å²) < 4.78 is 65.6. The Hall–Kier alpha value is -0.985. The number of halogens is 4. The maximum atomic E-state index is 13.2. The van der Waals surface area contributed by atoms with Crippen molar-refractivity contribution in [2.24, 2.45) is 0 Å². The first-order valence-electron chi connectivity index (χ1n) is 4.66. The molecule has 0 amide bonds. The van der Waals surface area contributed by atoms with Crippen LogP contribution in [0.15, 0.2) is 18.2 Å². The lowest BCUT2D eigenvalue weighted by Gasteiger charge is -2.22. The van der Waals surface area contributed by atoms with Crippen LogP contribution >= 0.6 is 0 Å². The van der Waals surface area contributed by atoms with Crippen LogP contribution in [-0.2, 0) is 19.9 Å². The third kappa shape index (κ3) is 2.64. The van der Waals surface area contributed by atoms with Crippen LogP contribution < -0.4 is 5.46 Å². The van der Waals surface area contributed by atoms with Crippen molar-refractivity contribution in [3.8, 4) is 0 Å². The Morgan fingerprint density at radius 2 is 1.76 bits per heavy atom. The molecule has 2 rings (SSSR count).